The molecule has 1 aliphatic rings. The van der Waals surface area contributed by atoms with E-state index in [4.69, 9.17) is 9.47 Å². The summed E-state index contributed by atoms with van der Waals surface area (Å²) in [4.78, 5) is 4.80. The molecule has 2 aromatic carbocycles. The lowest BCUT2D eigenvalue weighted by Crippen LogP contribution is -2.48. The summed E-state index contributed by atoms with van der Waals surface area (Å²) in [7, 11) is -2.01. The monoisotopic (exact) mass is 486 g/mol. The Hall–Kier alpha value is -2.79. The van der Waals surface area contributed by atoms with Crippen LogP contribution >= 0.6 is 11.3 Å². The van der Waals surface area contributed by atoms with Gasteiger partial charge in [-0.25, -0.2) is 13.4 Å². The van der Waals surface area contributed by atoms with Gasteiger partial charge in [-0.05, 0) is 38.1 Å². The van der Waals surface area contributed by atoms with Crippen LogP contribution in [0.25, 0.3) is 11.3 Å². The zero-order valence-corrected chi connectivity index (χ0v) is 20.3. The molecule has 0 bridgehead atoms. The number of thiazole rings is 1. The summed E-state index contributed by atoms with van der Waals surface area (Å²) in [5.74, 6) is 0.727. The Morgan fingerprint density at radius 2 is 1.94 bits per heavy atom. The van der Waals surface area contributed by atoms with E-state index in [2.05, 4.69) is 15.5 Å². The first-order valence-electron chi connectivity index (χ1n) is 10.5. The topological polar surface area (TPSA) is 93.1 Å². The Morgan fingerprint density at radius 1 is 1.18 bits per heavy atom. The van der Waals surface area contributed by atoms with E-state index in [1.807, 2.05) is 49.6 Å². The minimum atomic E-state index is -3.63. The van der Waals surface area contributed by atoms with Gasteiger partial charge < -0.3 is 9.47 Å². The fraction of sp³-hybridized carbons (Fsp3) is 0.304. The molecule has 0 unspecified atom stereocenters. The van der Waals surface area contributed by atoms with E-state index in [9.17, 15) is 8.42 Å². The number of hydrazone groups is 1. The number of nitrogens with zero attached hydrogens (tertiary/aromatic N) is 3. The largest absolute Gasteiger partial charge is 0.496 e. The third-order valence-corrected chi connectivity index (χ3v) is 7.74. The lowest BCUT2D eigenvalue weighted by molar-refractivity contribution is -0.0440. The van der Waals surface area contributed by atoms with Crippen LogP contribution in [-0.4, -0.2) is 56.3 Å². The Morgan fingerprint density at radius 3 is 2.70 bits per heavy atom. The van der Waals surface area contributed by atoms with E-state index in [-0.39, 0.29) is 17.1 Å². The molecule has 1 saturated heterocycles. The number of benzene rings is 2. The lowest BCUT2D eigenvalue weighted by atomic mass is 10.2. The molecular formula is C23H26N4O4S2. The first-order chi connectivity index (χ1) is 15.9. The number of hydrogen-bond acceptors (Lipinski definition) is 8. The second-order valence-corrected chi connectivity index (χ2v) is 10.6. The first kappa shape index (κ1) is 23.4. The van der Waals surface area contributed by atoms with Crippen LogP contribution in [0.3, 0.4) is 0 Å². The maximum absolute atomic E-state index is 13.2. The zero-order chi connectivity index (χ0) is 23.4. The molecule has 174 valence electrons. The van der Waals surface area contributed by atoms with Crippen molar-refractivity contribution in [1.82, 2.24) is 9.29 Å². The number of para-hydroxylation sites is 1. The van der Waals surface area contributed by atoms with Crippen molar-refractivity contribution in [3.63, 3.8) is 0 Å². The molecule has 0 aliphatic carbocycles. The summed E-state index contributed by atoms with van der Waals surface area (Å²) in [5.41, 5.74) is 5.17. The van der Waals surface area contributed by atoms with Crippen LogP contribution in [0, 0.1) is 0 Å². The summed E-state index contributed by atoms with van der Waals surface area (Å²) < 4.78 is 38.9. The van der Waals surface area contributed by atoms with Crippen LogP contribution in [0.4, 0.5) is 5.13 Å². The molecule has 8 nitrogen and oxygen atoms in total. The third-order valence-electron chi connectivity index (χ3n) is 5.16. The van der Waals surface area contributed by atoms with E-state index in [0.717, 1.165) is 16.9 Å². The molecule has 0 radical (unpaired) electrons. The molecule has 0 amide bonds. The average molecular weight is 487 g/mol. The Labute approximate surface area is 197 Å². The van der Waals surface area contributed by atoms with Crippen molar-refractivity contribution in [3.05, 3.63) is 59.5 Å². The number of morpholine rings is 1. The highest BCUT2D eigenvalue weighted by Gasteiger charge is 2.32. The normalized spacial score (nSPS) is 19.6. The summed E-state index contributed by atoms with van der Waals surface area (Å²) in [5, 5.41) is 6.70. The van der Waals surface area contributed by atoms with Crippen molar-refractivity contribution in [2.75, 3.05) is 25.6 Å². The van der Waals surface area contributed by atoms with Crippen molar-refractivity contribution < 1.29 is 17.9 Å². The van der Waals surface area contributed by atoms with Gasteiger partial charge in [0.2, 0.25) is 15.2 Å². The molecule has 2 atom stereocenters. The van der Waals surface area contributed by atoms with E-state index in [0.29, 0.717) is 23.9 Å². The zero-order valence-electron chi connectivity index (χ0n) is 18.6. The Balaban J connectivity index is 1.50. The minimum absolute atomic E-state index is 0.143. The second-order valence-electron chi connectivity index (χ2n) is 7.76. The number of aromatic nitrogens is 1. The van der Waals surface area contributed by atoms with E-state index >= 15 is 0 Å². The third kappa shape index (κ3) is 5.41. The average Bonchev–Trinajstić information content (AvgIpc) is 3.28. The molecule has 1 fully saturated rings. The summed E-state index contributed by atoms with van der Waals surface area (Å²) in [6.45, 7) is 4.45. The van der Waals surface area contributed by atoms with Crippen molar-refractivity contribution >= 4 is 32.7 Å². The van der Waals surface area contributed by atoms with Crippen LogP contribution in [0.1, 0.15) is 19.4 Å². The summed E-state index contributed by atoms with van der Waals surface area (Å²) >= 11 is 1.39. The molecule has 1 aromatic heterocycles. The molecule has 1 N–H and O–H groups in total. The van der Waals surface area contributed by atoms with Gasteiger partial charge in [-0.2, -0.15) is 9.41 Å². The van der Waals surface area contributed by atoms with Crippen molar-refractivity contribution in [3.8, 4) is 17.0 Å². The molecule has 0 spiro atoms. The van der Waals surface area contributed by atoms with Crippen molar-refractivity contribution in [2.45, 2.75) is 31.0 Å². The summed E-state index contributed by atoms with van der Waals surface area (Å²) in [6.07, 6.45) is 1.38. The quantitative estimate of drug-likeness (QED) is 0.400. The molecule has 3 aromatic rings. The molecule has 4 rings (SSSR count). The first-order valence-corrected chi connectivity index (χ1v) is 12.8. The van der Waals surface area contributed by atoms with Crippen LogP contribution in [-0.2, 0) is 14.8 Å². The molecular weight excluding hydrogens is 460 g/mol. The minimum Gasteiger partial charge on any atom is -0.496 e. The molecule has 10 heteroatoms. The van der Waals surface area contributed by atoms with Gasteiger partial charge in [-0.15, -0.1) is 11.3 Å². The number of methoxy groups -OCH3 is 1. The fourth-order valence-electron chi connectivity index (χ4n) is 3.68. The molecule has 2 heterocycles. The van der Waals surface area contributed by atoms with Crippen LogP contribution < -0.4 is 10.2 Å². The van der Waals surface area contributed by atoms with Crippen molar-refractivity contribution in [1.29, 1.82) is 0 Å². The number of anilines is 1. The maximum atomic E-state index is 13.2. The second kappa shape index (κ2) is 10.0. The van der Waals surface area contributed by atoms with Crippen molar-refractivity contribution in [2.24, 2.45) is 5.10 Å². The smallest absolute Gasteiger partial charge is 0.243 e. The summed E-state index contributed by atoms with van der Waals surface area (Å²) in [6, 6.07) is 14.4. The van der Waals surface area contributed by atoms with E-state index < -0.39 is 10.0 Å². The van der Waals surface area contributed by atoms with Gasteiger partial charge in [0.15, 0.2) is 0 Å². The predicted molar refractivity (Wildman–Crippen MR) is 131 cm³/mol. The van der Waals surface area contributed by atoms with Crippen LogP contribution in [0.15, 0.2) is 63.9 Å². The Kier molecular flexibility index (Phi) is 7.08. The van der Waals surface area contributed by atoms with E-state index in [1.54, 1.807) is 31.5 Å². The number of rotatable bonds is 7. The van der Waals surface area contributed by atoms with Crippen LogP contribution in [0.5, 0.6) is 5.75 Å². The lowest BCUT2D eigenvalue weighted by Gasteiger charge is -2.34. The van der Waals surface area contributed by atoms with Gasteiger partial charge in [0.25, 0.3) is 0 Å². The van der Waals surface area contributed by atoms with Gasteiger partial charge in [0.1, 0.15) is 5.75 Å². The SMILES string of the molecule is COc1ccccc1/C=N/Nc1nc(-c2cccc(S(=O)(=O)N3C[C@H](C)O[C@@H](C)C3)c2)cs1. The number of nitrogens with one attached hydrogen (secondary N) is 1. The van der Waals surface area contributed by atoms with Gasteiger partial charge in [-0.3, -0.25) is 5.43 Å². The number of ether oxygens (including phenoxy) is 2. The van der Waals surface area contributed by atoms with Gasteiger partial charge in [0, 0.05) is 29.6 Å². The highest BCUT2D eigenvalue weighted by Crippen LogP contribution is 2.28. The molecule has 0 saturated carbocycles. The number of sulfonamides is 1. The fourth-order valence-corrected chi connectivity index (χ4v) is 5.99. The maximum Gasteiger partial charge on any atom is 0.243 e. The van der Waals surface area contributed by atoms with Gasteiger partial charge in [0.05, 0.1) is 36.1 Å². The molecule has 33 heavy (non-hydrogen) atoms. The Bertz CT molecular complexity index is 1230. The predicted octanol–water partition coefficient (Wildman–Crippen LogP) is 4.06. The van der Waals surface area contributed by atoms with Gasteiger partial charge >= 0.3 is 0 Å². The van der Waals surface area contributed by atoms with Gasteiger partial charge in [-0.1, -0.05) is 24.3 Å². The highest BCUT2D eigenvalue weighted by molar-refractivity contribution is 7.89. The standard InChI is InChI=1S/C23H26N4O4S2/c1-16-13-27(14-17(2)31-16)33(28,29)20-9-6-8-18(11-20)21-15-32-23(25-21)26-24-12-19-7-4-5-10-22(19)30-3/h4-12,15-17H,13-14H2,1-3H3,(H,25,26)/b24-12+/t16-,17-/m0/s1. The van der Waals surface area contributed by atoms with Crippen LogP contribution in [0.2, 0.25) is 0 Å². The molecule has 1 aliphatic heterocycles. The number of hydrogen-bond donors (Lipinski definition) is 1. The highest BCUT2D eigenvalue weighted by atomic mass is 32.2. The van der Waals surface area contributed by atoms with E-state index in [1.165, 1.54) is 15.6 Å².